The first-order valence-electron chi connectivity index (χ1n) is 35.1. The van der Waals surface area contributed by atoms with Crippen molar-refractivity contribution < 1.29 is 141 Å². The number of hydrogen-bond acceptors (Lipinski definition) is 29. The standard InChI is InChI=1S/C66H109N12O29/c1-35(2)50(61(97)76-41(9-8-19-71-65(67)98)60(96)75-40-14-12-36(3)13-15-40)77-48(88)10-7-11-49(89)78-66(32-99-23-16-45(85)68-20-26-102-62-51(72-37(4)82)57(93)54(90)42(29-79)105-62,33-100-24-17-46(86)69-21-27-103-63-52(73-38(5)83)58(94)55(91)43(30-80)106-63)34-101-25-18-47(87)70-22-28-104-64-53(74-39(6)84)59(95)56(92)44(31-81)107-64/h12-15,35,41-44,50-59,62-64,79-81,90-95H,3,7-11,16-34H2,1-2,4-6H3,(H,68,85)(H,69,86)(H,70,87)(H,72,82)(H,73,83)(H,74,84)(H,75,96)(H,76,97)(H,77,88)(H,78,89)(H3,67,71,98)/t41-,42+,43+,44+,50-,51+,52+,53+,54-,55-,56-,57+,58+,59+,62+,63?,64?,66?/m0/s1. The minimum atomic E-state index is -1.73. The molecule has 0 aromatic heterocycles. The lowest BCUT2D eigenvalue weighted by molar-refractivity contribution is -0.269. The van der Waals surface area contributed by atoms with Crippen LogP contribution in [0.1, 0.15) is 91.5 Å². The molecule has 0 bridgehead atoms. The summed E-state index contributed by atoms with van der Waals surface area (Å²) < 4.78 is 51.8. The molecule has 41 heteroatoms. The van der Waals surface area contributed by atoms with E-state index in [1.54, 1.807) is 38.1 Å². The molecule has 1 aromatic rings. The van der Waals surface area contributed by atoms with E-state index in [0.717, 1.165) is 20.8 Å². The third-order valence-electron chi connectivity index (χ3n) is 16.7. The topological polar surface area (TPSA) is 611 Å². The van der Waals surface area contributed by atoms with Gasteiger partial charge in [-0.2, -0.15) is 0 Å². The van der Waals surface area contributed by atoms with Crippen LogP contribution >= 0.6 is 0 Å². The zero-order valence-corrected chi connectivity index (χ0v) is 60.6. The molecule has 0 saturated carbocycles. The number of urea groups is 1. The largest absolute Gasteiger partial charge is 0.394 e. The smallest absolute Gasteiger partial charge is 0.312 e. The van der Waals surface area contributed by atoms with E-state index in [0.29, 0.717) is 11.3 Å². The normalized spacial score (nSPS) is 25.3. The van der Waals surface area contributed by atoms with Crippen LogP contribution in [0.5, 0.6) is 0 Å². The van der Waals surface area contributed by atoms with Gasteiger partial charge in [0, 0.05) is 84.7 Å². The molecular weight excluding hydrogens is 1420 g/mol. The molecule has 0 spiro atoms. The van der Waals surface area contributed by atoms with Gasteiger partial charge in [-0.05, 0) is 49.8 Å². The lowest BCUT2D eigenvalue weighted by Gasteiger charge is -2.42. The molecule has 4 rings (SSSR count). The molecule has 3 heterocycles. The quantitative estimate of drug-likeness (QED) is 0.0269. The fourth-order valence-corrected chi connectivity index (χ4v) is 11.1. The molecular formula is C66H109N12O29. The Bertz CT molecular complexity index is 2780. The van der Waals surface area contributed by atoms with E-state index in [2.05, 4.69) is 65.4 Å². The number of carbonyl (C=O) groups is 11. The van der Waals surface area contributed by atoms with Crippen LogP contribution < -0.4 is 64.2 Å². The number of benzene rings is 1. The minimum Gasteiger partial charge on any atom is -0.394 e. The zero-order valence-electron chi connectivity index (χ0n) is 60.6. The third-order valence-corrected chi connectivity index (χ3v) is 16.7. The molecule has 17 atom stereocenters. The summed E-state index contributed by atoms with van der Waals surface area (Å²) in [6.45, 7) is 4.91. The summed E-state index contributed by atoms with van der Waals surface area (Å²) in [6.07, 6.45) is -18.9. The molecule has 3 fully saturated rings. The van der Waals surface area contributed by atoms with E-state index in [1.165, 1.54) is 0 Å². The van der Waals surface area contributed by atoms with Gasteiger partial charge in [-0.3, -0.25) is 47.9 Å². The van der Waals surface area contributed by atoms with Crippen molar-refractivity contribution in [3.8, 4) is 0 Å². The van der Waals surface area contributed by atoms with Gasteiger partial charge in [0.2, 0.25) is 59.1 Å². The number of anilines is 1. The number of amides is 12. The number of nitrogens with one attached hydrogen (secondary N) is 11. The molecule has 3 aliphatic rings. The molecule has 0 aliphatic carbocycles. The van der Waals surface area contributed by atoms with E-state index in [-0.39, 0.29) is 117 Å². The highest BCUT2D eigenvalue weighted by molar-refractivity contribution is 5.98. The van der Waals surface area contributed by atoms with Gasteiger partial charge in [0.1, 0.15) is 90.7 Å². The first-order chi connectivity index (χ1) is 50.8. The summed E-state index contributed by atoms with van der Waals surface area (Å²) in [5.74, 6) is -6.75. The highest BCUT2D eigenvalue weighted by Gasteiger charge is 2.48. The predicted molar refractivity (Wildman–Crippen MR) is 369 cm³/mol. The second kappa shape index (κ2) is 48.1. The maximum atomic E-state index is 14.2. The van der Waals surface area contributed by atoms with Crippen molar-refractivity contribution in [2.45, 2.75) is 196 Å². The number of carbonyl (C=O) groups excluding carboxylic acids is 11. The maximum Gasteiger partial charge on any atom is 0.312 e. The molecule has 607 valence electrons. The van der Waals surface area contributed by atoms with Gasteiger partial charge in [-0.25, -0.2) is 4.79 Å². The number of aliphatic hydroxyl groups excluding tert-OH is 9. The summed E-state index contributed by atoms with van der Waals surface area (Å²) in [6, 6.07) is -0.313. The summed E-state index contributed by atoms with van der Waals surface area (Å²) in [7, 11) is 0. The Morgan fingerprint density at radius 3 is 1.22 bits per heavy atom. The maximum absolute atomic E-state index is 14.2. The van der Waals surface area contributed by atoms with Gasteiger partial charge in [-0.1, -0.05) is 26.0 Å². The van der Waals surface area contributed by atoms with E-state index in [9.17, 15) is 98.7 Å². The highest BCUT2D eigenvalue weighted by atomic mass is 16.7. The summed E-state index contributed by atoms with van der Waals surface area (Å²) in [4.78, 5) is 142. The van der Waals surface area contributed by atoms with Crippen molar-refractivity contribution in [3.63, 3.8) is 0 Å². The molecule has 1 aromatic carbocycles. The van der Waals surface area contributed by atoms with Crippen LogP contribution in [0.15, 0.2) is 24.3 Å². The summed E-state index contributed by atoms with van der Waals surface area (Å²) in [5.41, 5.74) is 4.58. The van der Waals surface area contributed by atoms with Crippen LogP contribution in [-0.2, 0) is 90.6 Å². The molecule has 12 amide bonds. The monoisotopic (exact) mass is 1530 g/mol. The second-order valence-corrected chi connectivity index (χ2v) is 26.0. The van der Waals surface area contributed by atoms with Crippen LogP contribution in [0, 0.1) is 12.8 Å². The van der Waals surface area contributed by atoms with Gasteiger partial charge in [-0.15, -0.1) is 0 Å². The second-order valence-electron chi connectivity index (χ2n) is 26.0. The van der Waals surface area contributed by atoms with Gasteiger partial charge in [0.05, 0.1) is 79.3 Å². The Balaban J connectivity index is 1.51. The number of nitrogens with two attached hydrogens (primary N) is 1. The molecule has 3 saturated heterocycles. The van der Waals surface area contributed by atoms with Crippen LogP contribution in [-0.4, -0.2) is 326 Å². The summed E-state index contributed by atoms with van der Waals surface area (Å²) in [5, 5.41) is 121. The fourth-order valence-electron chi connectivity index (χ4n) is 11.1. The first-order valence-corrected chi connectivity index (χ1v) is 35.1. The number of aliphatic hydroxyl groups is 9. The van der Waals surface area contributed by atoms with Crippen molar-refractivity contribution in [1.29, 1.82) is 0 Å². The molecule has 107 heavy (non-hydrogen) atoms. The fraction of sp³-hybridized carbons (Fsp3) is 0.727. The average Bonchev–Trinajstić information content (AvgIpc) is 0.816. The highest BCUT2D eigenvalue weighted by Crippen LogP contribution is 2.26. The van der Waals surface area contributed by atoms with Crippen molar-refractivity contribution in [3.05, 3.63) is 36.8 Å². The lowest BCUT2D eigenvalue weighted by atomic mass is 9.97. The van der Waals surface area contributed by atoms with Crippen LogP contribution in [0.2, 0.25) is 0 Å². The minimum absolute atomic E-state index is 0.0486. The van der Waals surface area contributed by atoms with Crippen LogP contribution in [0.4, 0.5) is 10.5 Å². The van der Waals surface area contributed by atoms with Crippen molar-refractivity contribution in [2.24, 2.45) is 11.7 Å². The Labute approximate surface area is 618 Å². The third kappa shape index (κ3) is 32.7. The summed E-state index contributed by atoms with van der Waals surface area (Å²) >= 11 is 0. The van der Waals surface area contributed by atoms with E-state index in [1.807, 2.05) is 0 Å². The number of ether oxygens (including phenoxy) is 9. The number of primary amides is 1. The van der Waals surface area contributed by atoms with Gasteiger partial charge in [0.25, 0.3) is 0 Å². The molecule has 1 radical (unpaired) electrons. The first kappa shape index (κ1) is 91.9. The Morgan fingerprint density at radius 2 is 0.869 bits per heavy atom. The Hall–Kier alpha value is -7.53. The molecule has 41 nitrogen and oxygen atoms in total. The molecule has 22 N–H and O–H groups in total. The SMILES string of the molecule is [CH2]c1ccc(NC(=O)[C@H](CCCNC(N)=O)NC(=O)[C@@H](NC(=O)CCCC(=O)NC(COCCC(=O)NCCOC2O[C@H](CO)[C@H](O)[C@H](O)[C@H]2NC(C)=O)(COCCC(=O)NCCOC2O[C@H](CO)[C@H](O)[C@H](O)[C@H]2NC(C)=O)COCCC(=O)NCCO[C@@H]2O[C@H](CO)[C@H](O)[C@H](O)[C@H]2NC(C)=O)C(C)C)cc1. The van der Waals surface area contributed by atoms with Gasteiger partial charge < -0.3 is 153 Å². The Kier molecular flexibility index (Phi) is 41.3. The van der Waals surface area contributed by atoms with Crippen molar-refractivity contribution >= 4 is 70.8 Å². The van der Waals surface area contributed by atoms with E-state index < -0.39 is 220 Å². The van der Waals surface area contributed by atoms with Gasteiger partial charge >= 0.3 is 6.03 Å². The molecule has 2 unspecified atom stereocenters. The lowest BCUT2D eigenvalue weighted by Crippen LogP contribution is -2.64. The van der Waals surface area contributed by atoms with Crippen LogP contribution in [0.25, 0.3) is 0 Å². The van der Waals surface area contributed by atoms with Gasteiger partial charge in [0.15, 0.2) is 18.9 Å². The van der Waals surface area contributed by atoms with Crippen molar-refractivity contribution in [1.82, 2.24) is 53.2 Å². The van der Waals surface area contributed by atoms with Crippen LogP contribution in [0.3, 0.4) is 0 Å². The number of hydrogen-bond donors (Lipinski definition) is 21. The average molecular weight is 1530 g/mol. The van der Waals surface area contributed by atoms with E-state index >= 15 is 0 Å². The molecule has 3 aliphatic heterocycles. The predicted octanol–water partition coefficient (Wildman–Crippen LogP) is -8.64. The zero-order chi connectivity index (χ0) is 79.3. The van der Waals surface area contributed by atoms with Crippen molar-refractivity contribution in [2.75, 3.05) is 111 Å². The Morgan fingerprint density at radius 1 is 0.486 bits per heavy atom. The number of rotatable bonds is 48. The van der Waals surface area contributed by atoms with E-state index in [4.69, 9.17) is 48.4 Å².